The second-order valence-corrected chi connectivity index (χ2v) is 6.56. The van der Waals surface area contributed by atoms with Gasteiger partial charge in [0.25, 0.3) is 0 Å². The summed E-state index contributed by atoms with van der Waals surface area (Å²) < 4.78 is 2.13. The van der Waals surface area contributed by atoms with Gasteiger partial charge >= 0.3 is 0 Å². The molecule has 0 atom stereocenters. The van der Waals surface area contributed by atoms with Crippen LogP contribution < -0.4 is 11.1 Å². The van der Waals surface area contributed by atoms with Crippen molar-refractivity contribution in [2.75, 3.05) is 11.1 Å². The summed E-state index contributed by atoms with van der Waals surface area (Å²) in [6, 6.07) is 8.00. The third kappa shape index (κ3) is 4.69. The minimum Gasteiger partial charge on any atom is -0.368 e. The van der Waals surface area contributed by atoms with Crippen molar-refractivity contribution in [1.82, 2.24) is 24.5 Å². The summed E-state index contributed by atoms with van der Waals surface area (Å²) >= 11 is 1.59. The molecule has 0 aliphatic carbocycles. The van der Waals surface area contributed by atoms with Gasteiger partial charge in [-0.25, -0.2) is 4.98 Å². The van der Waals surface area contributed by atoms with Crippen molar-refractivity contribution in [3.63, 3.8) is 0 Å². The van der Waals surface area contributed by atoms with E-state index in [2.05, 4.69) is 36.7 Å². The Morgan fingerprint density at radius 1 is 1.16 bits per heavy atom. The zero-order chi connectivity index (χ0) is 17.6. The van der Waals surface area contributed by atoms with Crippen LogP contribution in [0.15, 0.2) is 41.8 Å². The predicted octanol–water partition coefficient (Wildman–Crippen LogP) is 3.40. The maximum Gasteiger partial charge on any atom is 0.232 e. The first-order chi connectivity index (χ1) is 12.1. The monoisotopic (exact) mass is 355 g/mol. The van der Waals surface area contributed by atoms with Gasteiger partial charge in [-0.15, -0.1) is 0 Å². The minimum atomic E-state index is 0.206. The van der Waals surface area contributed by atoms with Crippen LogP contribution in [-0.2, 0) is 12.3 Å². The first kappa shape index (κ1) is 17.2. The number of imidazole rings is 1. The summed E-state index contributed by atoms with van der Waals surface area (Å²) in [5, 5.41) is 4.12. The number of hydrogen-bond donors (Lipinski definition) is 2. The molecule has 0 aliphatic rings. The lowest BCUT2D eigenvalue weighted by Crippen LogP contribution is -2.07. The Morgan fingerprint density at radius 3 is 2.72 bits per heavy atom. The molecule has 3 rings (SSSR count). The van der Waals surface area contributed by atoms with E-state index in [0.29, 0.717) is 17.5 Å². The third-order valence-electron chi connectivity index (χ3n) is 3.48. The highest BCUT2D eigenvalue weighted by Gasteiger charge is 2.08. The average molecular weight is 355 g/mol. The van der Waals surface area contributed by atoms with Gasteiger partial charge < -0.3 is 15.6 Å². The number of nitrogens with one attached hydrogen (secondary N) is 1. The second kappa shape index (κ2) is 7.98. The van der Waals surface area contributed by atoms with Crippen LogP contribution in [0.25, 0.3) is 0 Å². The van der Waals surface area contributed by atoms with Crippen molar-refractivity contribution >= 4 is 29.3 Å². The minimum absolute atomic E-state index is 0.206. The molecule has 130 valence electrons. The van der Waals surface area contributed by atoms with Gasteiger partial charge in [0.1, 0.15) is 5.82 Å². The van der Waals surface area contributed by atoms with Gasteiger partial charge in [0.2, 0.25) is 11.9 Å². The molecule has 2 aromatic heterocycles. The second-order valence-electron chi connectivity index (χ2n) is 5.62. The zero-order valence-corrected chi connectivity index (χ0v) is 15.1. The van der Waals surface area contributed by atoms with Gasteiger partial charge in [0.05, 0.1) is 5.75 Å². The van der Waals surface area contributed by atoms with Crippen LogP contribution in [0.2, 0.25) is 0 Å². The molecule has 0 saturated carbocycles. The summed E-state index contributed by atoms with van der Waals surface area (Å²) in [4.78, 5) is 17.2. The largest absolute Gasteiger partial charge is 0.368 e. The van der Waals surface area contributed by atoms with Crippen LogP contribution in [0, 0.1) is 6.92 Å². The van der Waals surface area contributed by atoms with E-state index in [0.717, 1.165) is 23.8 Å². The topological polar surface area (TPSA) is 94.5 Å². The number of nitrogens with zero attached hydrogens (tertiary/aromatic N) is 5. The van der Waals surface area contributed by atoms with Crippen molar-refractivity contribution in [3.05, 3.63) is 48.0 Å². The molecular weight excluding hydrogens is 334 g/mol. The number of thioether (sulfide) groups is 1. The first-order valence-corrected chi connectivity index (χ1v) is 9.10. The molecule has 0 bridgehead atoms. The van der Waals surface area contributed by atoms with Gasteiger partial charge in [-0.05, 0) is 25.5 Å². The Bertz CT molecular complexity index is 829. The molecule has 3 N–H and O–H groups in total. The van der Waals surface area contributed by atoms with Gasteiger partial charge in [-0.1, -0.05) is 36.4 Å². The van der Waals surface area contributed by atoms with Gasteiger partial charge in [-0.2, -0.15) is 15.0 Å². The fraction of sp³-hybridized carbons (Fsp3) is 0.294. The fourth-order valence-corrected chi connectivity index (χ4v) is 3.14. The molecule has 8 heteroatoms. The smallest absolute Gasteiger partial charge is 0.232 e. The number of rotatable bonds is 7. The average Bonchev–Trinajstić information content (AvgIpc) is 3.02. The molecule has 0 aliphatic heterocycles. The molecule has 1 aromatic carbocycles. The number of nitrogens with two attached hydrogens (primary N) is 1. The Hall–Kier alpha value is -2.61. The molecule has 25 heavy (non-hydrogen) atoms. The summed E-state index contributed by atoms with van der Waals surface area (Å²) in [5.41, 5.74) is 7.94. The fourth-order valence-electron chi connectivity index (χ4n) is 2.30. The van der Waals surface area contributed by atoms with Crippen molar-refractivity contribution in [2.24, 2.45) is 0 Å². The molecule has 7 nitrogen and oxygen atoms in total. The number of hydrogen-bond acceptors (Lipinski definition) is 7. The van der Waals surface area contributed by atoms with E-state index in [1.807, 2.05) is 43.6 Å². The van der Waals surface area contributed by atoms with Crippen molar-refractivity contribution < 1.29 is 0 Å². The SMILES string of the molecule is CCCn1ccnc1SCc1nc(N)nc(Nc2ccc(C)cc2)n1. The van der Waals surface area contributed by atoms with E-state index >= 15 is 0 Å². The van der Waals surface area contributed by atoms with Crippen molar-refractivity contribution in [3.8, 4) is 0 Å². The zero-order valence-electron chi connectivity index (χ0n) is 14.3. The van der Waals surface area contributed by atoms with Gasteiger partial charge in [0.15, 0.2) is 5.16 Å². The van der Waals surface area contributed by atoms with Crippen LogP contribution >= 0.6 is 11.8 Å². The number of aromatic nitrogens is 5. The Balaban J connectivity index is 1.70. The van der Waals surface area contributed by atoms with Crippen LogP contribution in [0.3, 0.4) is 0 Å². The van der Waals surface area contributed by atoms with E-state index in [1.54, 1.807) is 11.8 Å². The molecule has 0 amide bonds. The molecule has 3 aromatic rings. The highest BCUT2D eigenvalue weighted by Crippen LogP contribution is 2.21. The van der Waals surface area contributed by atoms with Crippen molar-refractivity contribution in [2.45, 2.75) is 37.7 Å². The summed E-state index contributed by atoms with van der Waals surface area (Å²) in [6.07, 6.45) is 4.86. The van der Waals surface area contributed by atoms with E-state index in [9.17, 15) is 0 Å². The highest BCUT2D eigenvalue weighted by molar-refractivity contribution is 7.98. The normalized spacial score (nSPS) is 10.8. The Kier molecular flexibility index (Phi) is 5.49. The molecule has 0 fully saturated rings. The first-order valence-electron chi connectivity index (χ1n) is 8.12. The number of benzene rings is 1. The van der Waals surface area contributed by atoms with Crippen LogP contribution in [0.4, 0.5) is 17.6 Å². The van der Waals surface area contributed by atoms with Crippen LogP contribution in [-0.4, -0.2) is 24.5 Å². The quantitative estimate of drug-likeness (QED) is 0.627. The predicted molar refractivity (Wildman–Crippen MR) is 101 cm³/mol. The number of anilines is 3. The van der Waals surface area contributed by atoms with Crippen LogP contribution in [0.1, 0.15) is 24.7 Å². The molecule has 2 heterocycles. The van der Waals surface area contributed by atoms with E-state index in [-0.39, 0.29) is 5.95 Å². The van der Waals surface area contributed by atoms with Crippen LogP contribution in [0.5, 0.6) is 0 Å². The van der Waals surface area contributed by atoms with E-state index in [1.165, 1.54) is 5.56 Å². The maximum atomic E-state index is 5.83. The Morgan fingerprint density at radius 2 is 1.96 bits per heavy atom. The standard InChI is InChI=1S/C17H21N7S/c1-3-9-24-10-8-19-17(24)25-11-14-21-15(18)23-16(22-14)20-13-6-4-12(2)5-7-13/h4-8,10H,3,9,11H2,1-2H3,(H3,18,20,21,22,23). The van der Waals surface area contributed by atoms with Gasteiger partial charge in [0, 0.05) is 24.6 Å². The summed E-state index contributed by atoms with van der Waals surface area (Å²) in [5.74, 6) is 1.86. The lowest BCUT2D eigenvalue weighted by molar-refractivity contribution is 0.620. The molecule has 0 radical (unpaired) electrons. The molecule has 0 spiro atoms. The van der Waals surface area contributed by atoms with Crippen molar-refractivity contribution in [1.29, 1.82) is 0 Å². The van der Waals surface area contributed by atoms with E-state index in [4.69, 9.17) is 5.73 Å². The summed E-state index contributed by atoms with van der Waals surface area (Å²) in [7, 11) is 0. The lowest BCUT2D eigenvalue weighted by atomic mass is 10.2. The molecular formula is C17H21N7S. The summed E-state index contributed by atoms with van der Waals surface area (Å²) in [6.45, 7) is 5.13. The number of aryl methyl sites for hydroxylation is 2. The van der Waals surface area contributed by atoms with Gasteiger partial charge in [-0.3, -0.25) is 0 Å². The molecule has 0 unspecified atom stereocenters. The Labute approximate surface area is 151 Å². The molecule has 0 saturated heterocycles. The highest BCUT2D eigenvalue weighted by atomic mass is 32.2. The lowest BCUT2D eigenvalue weighted by Gasteiger charge is -2.08. The third-order valence-corrected chi connectivity index (χ3v) is 4.48. The number of nitrogen functional groups attached to an aromatic ring is 1. The van der Waals surface area contributed by atoms with E-state index < -0.39 is 0 Å². The maximum absolute atomic E-state index is 5.83.